The number of aliphatic imine (C=N–C) groups is 1. The van der Waals surface area contributed by atoms with Crippen molar-refractivity contribution in [2.45, 2.75) is 26.9 Å². The maximum atomic E-state index is 5.92. The van der Waals surface area contributed by atoms with Crippen LogP contribution in [-0.4, -0.2) is 23.9 Å². The molecule has 24 heavy (non-hydrogen) atoms. The monoisotopic (exact) mass is 438 g/mol. The second kappa shape index (κ2) is 11.0. The SMILES string of the molecule is CCN(CC)Cc1ccc(CN=C(N)Nc2ccccc2)cc1.I. The molecule has 4 nitrogen and oxygen atoms in total. The van der Waals surface area contributed by atoms with Crippen LogP contribution < -0.4 is 11.1 Å². The molecular weight excluding hydrogens is 411 g/mol. The van der Waals surface area contributed by atoms with Crippen LogP contribution in [0.25, 0.3) is 0 Å². The smallest absolute Gasteiger partial charge is 0.193 e. The summed E-state index contributed by atoms with van der Waals surface area (Å²) in [6.45, 7) is 8.10. The normalized spacial score (nSPS) is 11.2. The fourth-order valence-electron chi connectivity index (χ4n) is 2.34. The van der Waals surface area contributed by atoms with Crippen LogP contribution in [0.4, 0.5) is 5.69 Å². The van der Waals surface area contributed by atoms with Crippen molar-refractivity contribution in [2.75, 3.05) is 18.4 Å². The summed E-state index contributed by atoms with van der Waals surface area (Å²) < 4.78 is 0. The van der Waals surface area contributed by atoms with E-state index in [1.807, 2.05) is 30.3 Å². The number of hydrogen-bond donors (Lipinski definition) is 2. The summed E-state index contributed by atoms with van der Waals surface area (Å²) in [4.78, 5) is 6.78. The molecular formula is C19H27IN4. The van der Waals surface area contributed by atoms with Crippen LogP contribution in [-0.2, 0) is 13.1 Å². The molecule has 3 N–H and O–H groups in total. The Labute approximate surface area is 162 Å². The van der Waals surface area contributed by atoms with E-state index in [0.717, 1.165) is 30.9 Å². The minimum atomic E-state index is 0. The maximum absolute atomic E-state index is 5.92. The van der Waals surface area contributed by atoms with Crippen molar-refractivity contribution in [3.8, 4) is 0 Å². The molecule has 0 atom stereocenters. The number of nitrogens with two attached hydrogens (primary N) is 1. The van der Waals surface area contributed by atoms with Gasteiger partial charge in [-0.3, -0.25) is 4.90 Å². The van der Waals surface area contributed by atoms with E-state index >= 15 is 0 Å². The average Bonchev–Trinajstić information content (AvgIpc) is 2.60. The summed E-state index contributed by atoms with van der Waals surface area (Å²) >= 11 is 0. The Bertz CT molecular complexity index is 607. The van der Waals surface area contributed by atoms with Gasteiger partial charge in [0.25, 0.3) is 0 Å². The van der Waals surface area contributed by atoms with Crippen LogP contribution >= 0.6 is 24.0 Å². The number of guanidine groups is 1. The first-order valence-corrected chi connectivity index (χ1v) is 8.13. The van der Waals surface area contributed by atoms with Crippen molar-refractivity contribution in [2.24, 2.45) is 10.7 Å². The minimum Gasteiger partial charge on any atom is -0.370 e. The Morgan fingerprint density at radius 1 is 0.958 bits per heavy atom. The van der Waals surface area contributed by atoms with Gasteiger partial charge in [0, 0.05) is 12.2 Å². The molecule has 0 saturated heterocycles. The summed E-state index contributed by atoms with van der Waals surface area (Å²) in [5, 5.41) is 3.09. The lowest BCUT2D eigenvalue weighted by molar-refractivity contribution is 0.296. The zero-order valence-corrected chi connectivity index (χ0v) is 16.7. The minimum absolute atomic E-state index is 0. The second-order valence-corrected chi connectivity index (χ2v) is 5.47. The van der Waals surface area contributed by atoms with Crippen LogP contribution in [0.1, 0.15) is 25.0 Å². The molecule has 0 aliphatic carbocycles. The number of halogens is 1. The number of benzene rings is 2. The molecule has 0 aliphatic rings. The third-order valence-corrected chi connectivity index (χ3v) is 3.80. The van der Waals surface area contributed by atoms with Crippen molar-refractivity contribution >= 4 is 35.6 Å². The molecule has 5 heteroatoms. The molecule has 0 amide bonds. The Morgan fingerprint density at radius 3 is 2.12 bits per heavy atom. The van der Waals surface area contributed by atoms with Gasteiger partial charge in [0.2, 0.25) is 0 Å². The van der Waals surface area contributed by atoms with Gasteiger partial charge < -0.3 is 11.1 Å². The lowest BCUT2D eigenvalue weighted by Crippen LogP contribution is -2.22. The molecule has 2 rings (SSSR count). The highest BCUT2D eigenvalue weighted by molar-refractivity contribution is 14.0. The summed E-state index contributed by atoms with van der Waals surface area (Å²) in [6, 6.07) is 18.4. The van der Waals surface area contributed by atoms with Crippen molar-refractivity contribution < 1.29 is 0 Å². The van der Waals surface area contributed by atoms with Crippen molar-refractivity contribution in [1.82, 2.24) is 4.90 Å². The van der Waals surface area contributed by atoms with E-state index in [2.05, 4.69) is 53.3 Å². The highest BCUT2D eigenvalue weighted by Gasteiger charge is 2.01. The summed E-state index contributed by atoms with van der Waals surface area (Å²) in [5.74, 6) is 0.434. The second-order valence-electron chi connectivity index (χ2n) is 5.47. The molecule has 2 aromatic rings. The first-order chi connectivity index (χ1) is 11.2. The van der Waals surface area contributed by atoms with E-state index in [0.29, 0.717) is 12.5 Å². The van der Waals surface area contributed by atoms with E-state index in [-0.39, 0.29) is 24.0 Å². The van der Waals surface area contributed by atoms with E-state index in [1.165, 1.54) is 5.56 Å². The molecule has 0 spiro atoms. The first kappa shape index (κ1) is 20.4. The van der Waals surface area contributed by atoms with Crippen LogP contribution in [0.3, 0.4) is 0 Å². The third kappa shape index (κ3) is 6.88. The van der Waals surface area contributed by atoms with Crippen molar-refractivity contribution in [3.05, 3.63) is 65.7 Å². The number of rotatable bonds is 7. The number of hydrogen-bond acceptors (Lipinski definition) is 2. The van der Waals surface area contributed by atoms with E-state index in [4.69, 9.17) is 5.73 Å². The molecule has 0 fully saturated rings. The van der Waals surface area contributed by atoms with E-state index in [9.17, 15) is 0 Å². The number of nitrogens with one attached hydrogen (secondary N) is 1. The van der Waals surface area contributed by atoms with E-state index in [1.54, 1.807) is 0 Å². The molecule has 2 aromatic carbocycles. The lowest BCUT2D eigenvalue weighted by atomic mass is 10.1. The highest BCUT2D eigenvalue weighted by atomic mass is 127. The quantitative estimate of drug-likeness (QED) is 0.389. The van der Waals surface area contributed by atoms with Gasteiger partial charge in [-0.2, -0.15) is 0 Å². The highest BCUT2D eigenvalue weighted by Crippen LogP contribution is 2.09. The molecule has 0 bridgehead atoms. The Balaban J connectivity index is 0.00000288. The molecule has 0 unspecified atom stereocenters. The molecule has 0 radical (unpaired) electrons. The van der Waals surface area contributed by atoms with Crippen molar-refractivity contribution in [1.29, 1.82) is 0 Å². The maximum Gasteiger partial charge on any atom is 0.193 e. The average molecular weight is 438 g/mol. The van der Waals surface area contributed by atoms with E-state index < -0.39 is 0 Å². The zero-order valence-electron chi connectivity index (χ0n) is 14.4. The topological polar surface area (TPSA) is 53.6 Å². The fraction of sp³-hybridized carbons (Fsp3) is 0.316. The van der Waals surface area contributed by atoms with Crippen molar-refractivity contribution in [3.63, 3.8) is 0 Å². The van der Waals surface area contributed by atoms with Gasteiger partial charge in [0.05, 0.1) is 6.54 Å². The molecule has 0 saturated carbocycles. The molecule has 130 valence electrons. The van der Waals surface area contributed by atoms with Gasteiger partial charge in [-0.05, 0) is 36.3 Å². The molecule has 0 aromatic heterocycles. The summed E-state index contributed by atoms with van der Waals surface area (Å²) in [5.41, 5.74) is 9.35. The predicted molar refractivity (Wildman–Crippen MR) is 114 cm³/mol. The van der Waals surface area contributed by atoms with Gasteiger partial charge in [-0.25, -0.2) is 4.99 Å². The lowest BCUT2D eigenvalue weighted by Gasteiger charge is -2.17. The van der Waals surface area contributed by atoms with Gasteiger partial charge in [0.1, 0.15) is 0 Å². The Morgan fingerprint density at radius 2 is 1.54 bits per heavy atom. The third-order valence-electron chi connectivity index (χ3n) is 3.80. The van der Waals surface area contributed by atoms with Crippen LogP contribution in [0.2, 0.25) is 0 Å². The first-order valence-electron chi connectivity index (χ1n) is 8.13. The molecule has 0 heterocycles. The molecule has 0 aliphatic heterocycles. The van der Waals surface area contributed by atoms with Crippen LogP contribution in [0, 0.1) is 0 Å². The zero-order chi connectivity index (χ0) is 16.5. The Hall–Kier alpha value is -1.60. The van der Waals surface area contributed by atoms with Gasteiger partial charge in [-0.15, -0.1) is 24.0 Å². The van der Waals surface area contributed by atoms with Gasteiger partial charge >= 0.3 is 0 Å². The number of para-hydroxylation sites is 1. The number of anilines is 1. The number of nitrogens with zero attached hydrogens (tertiary/aromatic N) is 2. The Kier molecular flexibility index (Phi) is 9.41. The fourth-order valence-corrected chi connectivity index (χ4v) is 2.34. The van der Waals surface area contributed by atoms with Gasteiger partial charge in [-0.1, -0.05) is 56.3 Å². The standard InChI is InChI=1S/C19H26N4.HI/c1-3-23(4-2)15-17-12-10-16(11-13-17)14-21-19(20)22-18-8-6-5-7-9-18;/h5-13H,3-4,14-15H2,1-2H3,(H3,20,21,22);1H. The van der Waals surface area contributed by atoms with Crippen LogP contribution in [0.15, 0.2) is 59.6 Å². The van der Waals surface area contributed by atoms with Crippen LogP contribution in [0.5, 0.6) is 0 Å². The van der Waals surface area contributed by atoms with Gasteiger partial charge in [0.15, 0.2) is 5.96 Å². The summed E-state index contributed by atoms with van der Waals surface area (Å²) in [6.07, 6.45) is 0. The predicted octanol–water partition coefficient (Wildman–Crippen LogP) is 4.07. The summed E-state index contributed by atoms with van der Waals surface area (Å²) in [7, 11) is 0. The largest absolute Gasteiger partial charge is 0.370 e.